The summed E-state index contributed by atoms with van der Waals surface area (Å²) in [5, 5.41) is 9.27. The van der Waals surface area contributed by atoms with Crippen LogP contribution < -0.4 is 0 Å². The summed E-state index contributed by atoms with van der Waals surface area (Å²) in [6.07, 6.45) is -0.311. The minimum atomic E-state index is -1.09. The van der Waals surface area contributed by atoms with Crippen molar-refractivity contribution in [3.8, 4) is 0 Å². The van der Waals surface area contributed by atoms with Crippen LogP contribution in [0.25, 0.3) is 0 Å². The number of ether oxygens (including phenoxy) is 5. The molecule has 138 valence electrons. The molecule has 2 atom stereocenters. The molecule has 2 unspecified atom stereocenters. The third-order valence-corrected chi connectivity index (χ3v) is 3.04. The summed E-state index contributed by atoms with van der Waals surface area (Å²) in [7, 11) is 0. The lowest BCUT2D eigenvalue weighted by Crippen LogP contribution is -2.39. The third kappa shape index (κ3) is 11.4. The molecular formula is C16H32O7. The zero-order valence-electron chi connectivity index (χ0n) is 15.0. The van der Waals surface area contributed by atoms with Gasteiger partial charge in [0.25, 0.3) is 0 Å². The van der Waals surface area contributed by atoms with E-state index in [4.69, 9.17) is 23.7 Å². The van der Waals surface area contributed by atoms with Crippen LogP contribution in [0.15, 0.2) is 0 Å². The van der Waals surface area contributed by atoms with E-state index in [-0.39, 0.29) is 19.3 Å². The van der Waals surface area contributed by atoms with Gasteiger partial charge in [0.2, 0.25) is 0 Å². The van der Waals surface area contributed by atoms with Gasteiger partial charge in [0.05, 0.1) is 45.7 Å². The molecule has 0 bridgehead atoms. The van der Waals surface area contributed by atoms with Crippen molar-refractivity contribution in [2.45, 2.75) is 47.0 Å². The predicted octanol–water partition coefficient (Wildman–Crippen LogP) is 1.93. The smallest absolute Gasteiger partial charge is 0.314 e. The van der Waals surface area contributed by atoms with Gasteiger partial charge in [-0.05, 0) is 34.6 Å². The first-order valence-electron chi connectivity index (χ1n) is 8.05. The zero-order valence-corrected chi connectivity index (χ0v) is 15.0. The fraction of sp³-hybridized carbons (Fsp3) is 0.938. The monoisotopic (exact) mass is 336 g/mol. The molecule has 0 aliphatic rings. The molecule has 7 heteroatoms. The van der Waals surface area contributed by atoms with E-state index in [9.17, 15) is 9.90 Å². The van der Waals surface area contributed by atoms with Gasteiger partial charge in [-0.3, -0.25) is 4.79 Å². The van der Waals surface area contributed by atoms with Crippen molar-refractivity contribution >= 4 is 5.97 Å². The van der Waals surface area contributed by atoms with Gasteiger partial charge < -0.3 is 28.8 Å². The molecule has 0 amide bonds. The molecule has 0 aliphatic heterocycles. The lowest BCUT2D eigenvalue weighted by atomic mass is 9.93. The Balaban J connectivity index is 3.79. The molecule has 0 aliphatic carbocycles. The number of hydrogen-bond acceptors (Lipinski definition) is 6. The highest BCUT2D eigenvalue weighted by atomic mass is 16.7. The summed E-state index contributed by atoms with van der Waals surface area (Å²) >= 11 is 0. The molecule has 0 aromatic heterocycles. The Morgan fingerprint density at radius 1 is 0.957 bits per heavy atom. The van der Waals surface area contributed by atoms with Crippen molar-refractivity contribution in [2.75, 3.05) is 46.2 Å². The average Bonchev–Trinajstić information content (AvgIpc) is 2.49. The van der Waals surface area contributed by atoms with Gasteiger partial charge in [-0.1, -0.05) is 0 Å². The molecule has 1 N–H and O–H groups in total. The van der Waals surface area contributed by atoms with Gasteiger partial charge in [-0.15, -0.1) is 0 Å². The summed E-state index contributed by atoms with van der Waals surface area (Å²) in [4.78, 5) is 11.3. The largest absolute Gasteiger partial charge is 0.481 e. The molecule has 0 rings (SSSR count). The van der Waals surface area contributed by atoms with Crippen LogP contribution in [0.3, 0.4) is 0 Å². The minimum Gasteiger partial charge on any atom is -0.481 e. The number of carboxylic acids is 1. The maximum absolute atomic E-state index is 11.3. The van der Waals surface area contributed by atoms with Crippen molar-refractivity contribution < 1.29 is 33.6 Å². The third-order valence-electron chi connectivity index (χ3n) is 3.04. The molecule has 0 saturated heterocycles. The summed E-state index contributed by atoms with van der Waals surface area (Å²) in [6, 6.07) is 0. The van der Waals surface area contributed by atoms with Crippen LogP contribution in [0.4, 0.5) is 0 Å². The molecule has 23 heavy (non-hydrogen) atoms. The second kappa shape index (κ2) is 12.7. The lowest BCUT2D eigenvalue weighted by Gasteiger charge is -2.26. The van der Waals surface area contributed by atoms with Crippen LogP contribution in [0.1, 0.15) is 34.6 Å². The van der Waals surface area contributed by atoms with Gasteiger partial charge in [0, 0.05) is 6.61 Å². The topological polar surface area (TPSA) is 83.5 Å². The highest BCUT2D eigenvalue weighted by Crippen LogP contribution is 2.19. The standard InChI is InChI=1S/C16H32O7/c1-6-19-11-16(5,15(17)18)12-23-14(4)22-10-8-20-7-9-21-13(2)3/h13-14H,6-12H2,1-5H3,(H,17,18). The molecule has 0 aromatic carbocycles. The lowest BCUT2D eigenvalue weighted by molar-refractivity contribution is -0.179. The number of hydrogen-bond donors (Lipinski definition) is 1. The van der Waals surface area contributed by atoms with E-state index < -0.39 is 17.7 Å². The Labute approximate surface area is 139 Å². The number of aliphatic carboxylic acids is 1. The molecule has 0 aromatic rings. The maximum Gasteiger partial charge on any atom is 0.314 e. The van der Waals surface area contributed by atoms with Crippen LogP contribution >= 0.6 is 0 Å². The van der Waals surface area contributed by atoms with E-state index >= 15 is 0 Å². The SMILES string of the molecule is CCOCC(C)(COC(C)OCCOCCOC(C)C)C(=O)O. The van der Waals surface area contributed by atoms with Gasteiger partial charge in [-0.25, -0.2) is 0 Å². The van der Waals surface area contributed by atoms with Gasteiger partial charge in [0.1, 0.15) is 5.41 Å². The molecule has 0 radical (unpaired) electrons. The van der Waals surface area contributed by atoms with Crippen molar-refractivity contribution in [1.82, 2.24) is 0 Å². The van der Waals surface area contributed by atoms with Crippen LogP contribution in [-0.2, 0) is 28.5 Å². The zero-order chi connectivity index (χ0) is 17.7. The average molecular weight is 336 g/mol. The fourth-order valence-electron chi connectivity index (χ4n) is 1.56. The van der Waals surface area contributed by atoms with E-state index in [1.165, 1.54) is 0 Å². The van der Waals surface area contributed by atoms with Crippen molar-refractivity contribution in [3.63, 3.8) is 0 Å². The van der Waals surface area contributed by atoms with Crippen molar-refractivity contribution in [2.24, 2.45) is 5.41 Å². The first-order chi connectivity index (χ1) is 10.8. The summed E-state index contributed by atoms with van der Waals surface area (Å²) in [6.45, 7) is 11.5. The maximum atomic E-state index is 11.3. The highest BCUT2D eigenvalue weighted by Gasteiger charge is 2.34. The Morgan fingerprint density at radius 2 is 1.57 bits per heavy atom. The van der Waals surface area contributed by atoms with Crippen LogP contribution in [-0.4, -0.2) is 69.7 Å². The molecule has 0 heterocycles. The van der Waals surface area contributed by atoms with Crippen molar-refractivity contribution in [3.05, 3.63) is 0 Å². The highest BCUT2D eigenvalue weighted by molar-refractivity contribution is 5.74. The molecule has 0 fully saturated rings. The number of carboxylic acid groups (broad SMARTS) is 1. The molecule has 0 spiro atoms. The second-order valence-corrected chi connectivity index (χ2v) is 5.78. The Hall–Kier alpha value is -0.730. The van der Waals surface area contributed by atoms with E-state index in [1.807, 2.05) is 20.8 Å². The normalized spacial score (nSPS) is 15.6. The van der Waals surface area contributed by atoms with E-state index in [0.717, 1.165) is 0 Å². The van der Waals surface area contributed by atoms with E-state index in [1.54, 1.807) is 13.8 Å². The first-order valence-corrected chi connectivity index (χ1v) is 8.05. The van der Waals surface area contributed by atoms with E-state index in [0.29, 0.717) is 33.0 Å². The predicted molar refractivity (Wildman–Crippen MR) is 85.5 cm³/mol. The second-order valence-electron chi connectivity index (χ2n) is 5.78. The Bertz CT molecular complexity index is 309. The van der Waals surface area contributed by atoms with Gasteiger partial charge >= 0.3 is 5.97 Å². The van der Waals surface area contributed by atoms with Crippen LogP contribution in [0.2, 0.25) is 0 Å². The van der Waals surface area contributed by atoms with Crippen molar-refractivity contribution in [1.29, 1.82) is 0 Å². The van der Waals surface area contributed by atoms with Gasteiger partial charge in [-0.2, -0.15) is 0 Å². The first kappa shape index (κ1) is 22.3. The summed E-state index contributed by atoms with van der Waals surface area (Å²) in [5.41, 5.74) is -1.09. The Kier molecular flexibility index (Phi) is 12.3. The minimum absolute atomic E-state index is 0.0204. The number of carbonyl (C=O) groups is 1. The quantitative estimate of drug-likeness (QED) is 0.361. The van der Waals surface area contributed by atoms with Gasteiger partial charge in [0.15, 0.2) is 6.29 Å². The Morgan fingerprint density at radius 3 is 2.09 bits per heavy atom. The van der Waals surface area contributed by atoms with E-state index in [2.05, 4.69) is 0 Å². The molecule has 7 nitrogen and oxygen atoms in total. The van der Waals surface area contributed by atoms with Crippen LogP contribution in [0, 0.1) is 5.41 Å². The molecule has 0 saturated carbocycles. The summed E-state index contributed by atoms with van der Waals surface area (Å²) < 4.78 is 26.8. The fourth-order valence-corrected chi connectivity index (χ4v) is 1.56. The van der Waals surface area contributed by atoms with Crippen LogP contribution in [0.5, 0.6) is 0 Å². The number of rotatable bonds is 15. The summed E-state index contributed by atoms with van der Waals surface area (Å²) in [5.74, 6) is -0.952. The molecular weight excluding hydrogens is 304 g/mol.